The van der Waals surface area contributed by atoms with Crippen LogP contribution >= 0.6 is 0 Å². The van der Waals surface area contributed by atoms with Crippen molar-refractivity contribution in [3.63, 3.8) is 0 Å². The van der Waals surface area contributed by atoms with Gasteiger partial charge in [0.25, 0.3) is 5.91 Å². The standard InChI is InChI=1S/C27H32N6O3.H2/c1-16-12-32(13-17(2)35-16)25-22-9-10-23(18-5-4-6-19(11-18)26(34)28-3)29-24(22)30-27(31-25)33-14-20-7-8-21(15-33)36-20;/h4-6,9-11,16-17,20-21H,7-8,12-15H2,1-3H3,(H,28,34);1H/t16-,17+,20?,21?;. The molecule has 0 saturated carbocycles. The Balaban J connectivity index is 0.00000280. The van der Waals surface area contributed by atoms with Crippen molar-refractivity contribution in [2.75, 3.05) is 43.0 Å². The van der Waals surface area contributed by atoms with E-state index in [0.717, 1.165) is 61.5 Å². The Labute approximate surface area is 212 Å². The zero-order chi connectivity index (χ0) is 24.8. The van der Waals surface area contributed by atoms with Gasteiger partial charge in [-0.2, -0.15) is 9.97 Å². The number of aromatic nitrogens is 3. The molecule has 4 atom stereocenters. The van der Waals surface area contributed by atoms with E-state index in [1.54, 1.807) is 13.1 Å². The number of hydrogen-bond donors (Lipinski definition) is 1. The van der Waals surface area contributed by atoms with Gasteiger partial charge in [0.2, 0.25) is 5.95 Å². The first kappa shape index (κ1) is 23.1. The lowest BCUT2D eigenvalue weighted by atomic mass is 10.1. The monoisotopic (exact) mass is 490 g/mol. The van der Waals surface area contributed by atoms with Gasteiger partial charge in [0.1, 0.15) is 5.82 Å². The fraction of sp³-hybridized carbons (Fsp3) is 0.481. The molecule has 0 aliphatic carbocycles. The molecular weight excluding hydrogens is 456 g/mol. The molecule has 0 radical (unpaired) electrons. The maximum Gasteiger partial charge on any atom is 0.251 e. The Morgan fingerprint density at radius 2 is 1.69 bits per heavy atom. The minimum Gasteiger partial charge on any atom is -0.372 e. The lowest BCUT2D eigenvalue weighted by molar-refractivity contribution is -0.00537. The van der Waals surface area contributed by atoms with Gasteiger partial charge in [-0.15, -0.1) is 0 Å². The molecule has 36 heavy (non-hydrogen) atoms. The Kier molecular flexibility index (Phi) is 5.97. The first-order valence-corrected chi connectivity index (χ1v) is 12.8. The minimum atomic E-state index is -0.123. The summed E-state index contributed by atoms with van der Waals surface area (Å²) >= 11 is 0. The third-order valence-corrected chi connectivity index (χ3v) is 7.22. The molecule has 3 aromatic rings. The van der Waals surface area contributed by atoms with Crippen LogP contribution in [0.15, 0.2) is 36.4 Å². The second kappa shape index (κ2) is 9.29. The van der Waals surface area contributed by atoms with Crippen molar-refractivity contribution in [1.29, 1.82) is 0 Å². The number of morpholine rings is 2. The van der Waals surface area contributed by atoms with E-state index in [1.807, 2.05) is 24.3 Å². The van der Waals surface area contributed by atoms with Crippen LogP contribution in [0, 0.1) is 0 Å². The summed E-state index contributed by atoms with van der Waals surface area (Å²) in [6, 6.07) is 11.5. The zero-order valence-corrected chi connectivity index (χ0v) is 21.0. The van der Waals surface area contributed by atoms with E-state index in [1.165, 1.54) is 0 Å². The molecule has 1 aromatic carbocycles. The SMILES string of the molecule is CNC(=O)c1cccc(-c2ccc3c(N4C[C@@H](C)O[C@@H](C)C4)nc(N4CC5CCC(C4)O5)nc3n2)c1.[HH]. The highest BCUT2D eigenvalue weighted by atomic mass is 16.5. The lowest BCUT2D eigenvalue weighted by Crippen LogP contribution is -2.46. The lowest BCUT2D eigenvalue weighted by Gasteiger charge is -2.37. The molecule has 5 heterocycles. The van der Waals surface area contributed by atoms with Gasteiger partial charge in [-0.3, -0.25) is 4.79 Å². The number of amides is 1. The van der Waals surface area contributed by atoms with E-state index in [4.69, 9.17) is 24.4 Å². The Morgan fingerprint density at radius 1 is 0.944 bits per heavy atom. The summed E-state index contributed by atoms with van der Waals surface area (Å²) < 4.78 is 12.0. The largest absolute Gasteiger partial charge is 0.372 e. The molecule has 3 aliphatic rings. The van der Waals surface area contributed by atoms with Crippen LogP contribution < -0.4 is 15.1 Å². The van der Waals surface area contributed by atoms with Crippen LogP contribution in [0.3, 0.4) is 0 Å². The number of carbonyl (C=O) groups is 1. The highest BCUT2D eigenvalue weighted by Crippen LogP contribution is 2.33. The molecular formula is C27H34N6O3. The van der Waals surface area contributed by atoms with Gasteiger partial charge in [0.05, 0.1) is 35.5 Å². The summed E-state index contributed by atoms with van der Waals surface area (Å²) in [7, 11) is 1.63. The average Bonchev–Trinajstić information content (AvgIpc) is 3.23. The van der Waals surface area contributed by atoms with Crippen molar-refractivity contribution in [2.45, 2.75) is 51.1 Å². The minimum absolute atomic E-state index is 0. The molecule has 9 nitrogen and oxygen atoms in total. The van der Waals surface area contributed by atoms with E-state index in [-0.39, 0.29) is 31.7 Å². The molecule has 0 spiro atoms. The van der Waals surface area contributed by atoms with Gasteiger partial charge < -0.3 is 24.6 Å². The van der Waals surface area contributed by atoms with E-state index in [2.05, 4.69) is 35.0 Å². The summed E-state index contributed by atoms with van der Waals surface area (Å²) in [5, 5.41) is 3.60. The Bertz CT molecular complexity index is 1280. The summed E-state index contributed by atoms with van der Waals surface area (Å²) in [6.07, 6.45) is 2.87. The van der Waals surface area contributed by atoms with Crippen LogP contribution in [0.1, 0.15) is 38.5 Å². The molecule has 9 heteroatoms. The smallest absolute Gasteiger partial charge is 0.251 e. The highest BCUT2D eigenvalue weighted by molar-refractivity contribution is 5.95. The van der Waals surface area contributed by atoms with E-state index in [0.29, 0.717) is 17.2 Å². The Morgan fingerprint density at radius 3 is 2.42 bits per heavy atom. The second-order valence-electron chi connectivity index (χ2n) is 10.1. The van der Waals surface area contributed by atoms with Crippen molar-refractivity contribution in [1.82, 2.24) is 20.3 Å². The number of ether oxygens (including phenoxy) is 2. The third kappa shape index (κ3) is 4.37. The quantitative estimate of drug-likeness (QED) is 0.596. The van der Waals surface area contributed by atoms with Crippen LogP contribution in [0.5, 0.6) is 0 Å². The van der Waals surface area contributed by atoms with Crippen molar-refractivity contribution in [2.24, 2.45) is 0 Å². The topological polar surface area (TPSA) is 92.7 Å². The highest BCUT2D eigenvalue weighted by Gasteiger charge is 2.35. The van der Waals surface area contributed by atoms with Gasteiger partial charge in [0, 0.05) is 45.8 Å². The zero-order valence-electron chi connectivity index (χ0n) is 21.0. The maximum atomic E-state index is 12.2. The predicted octanol–water partition coefficient (Wildman–Crippen LogP) is 3.28. The number of benzene rings is 1. The van der Waals surface area contributed by atoms with Crippen LogP contribution in [0.25, 0.3) is 22.3 Å². The molecule has 6 rings (SSSR count). The molecule has 1 amide bonds. The van der Waals surface area contributed by atoms with Gasteiger partial charge in [-0.25, -0.2) is 4.98 Å². The van der Waals surface area contributed by atoms with Crippen molar-refractivity contribution < 1.29 is 15.7 Å². The van der Waals surface area contributed by atoms with Crippen LogP contribution in [0.4, 0.5) is 11.8 Å². The van der Waals surface area contributed by atoms with E-state index in [9.17, 15) is 4.79 Å². The fourth-order valence-electron chi connectivity index (χ4n) is 5.62. The number of anilines is 2. The Hall–Kier alpha value is -3.30. The van der Waals surface area contributed by atoms with Crippen LogP contribution in [-0.2, 0) is 9.47 Å². The molecule has 2 unspecified atom stereocenters. The second-order valence-corrected chi connectivity index (χ2v) is 10.1. The molecule has 3 saturated heterocycles. The van der Waals surface area contributed by atoms with Crippen molar-refractivity contribution in [3.05, 3.63) is 42.0 Å². The molecule has 3 fully saturated rings. The first-order chi connectivity index (χ1) is 17.5. The van der Waals surface area contributed by atoms with Crippen LogP contribution in [-0.4, -0.2) is 78.5 Å². The van der Waals surface area contributed by atoms with Gasteiger partial charge in [-0.05, 0) is 51.0 Å². The maximum absolute atomic E-state index is 12.2. The number of hydrogen-bond acceptors (Lipinski definition) is 8. The molecule has 1 N–H and O–H groups in total. The van der Waals surface area contributed by atoms with E-state index < -0.39 is 0 Å². The molecule has 190 valence electrons. The number of nitrogens with one attached hydrogen (secondary N) is 1. The number of pyridine rings is 1. The predicted molar refractivity (Wildman–Crippen MR) is 141 cm³/mol. The number of rotatable bonds is 4. The van der Waals surface area contributed by atoms with Crippen LogP contribution in [0.2, 0.25) is 0 Å². The van der Waals surface area contributed by atoms with Crippen molar-refractivity contribution in [3.8, 4) is 11.3 Å². The number of carbonyl (C=O) groups excluding carboxylic acids is 1. The molecule has 3 aliphatic heterocycles. The van der Waals surface area contributed by atoms with E-state index >= 15 is 0 Å². The average molecular weight is 491 g/mol. The summed E-state index contributed by atoms with van der Waals surface area (Å²) in [5.41, 5.74) is 2.90. The number of fused-ring (bicyclic) bond motifs is 3. The van der Waals surface area contributed by atoms with Gasteiger partial charge in [0.15, 0.2) is 5.65 Å². The van der Waals surface area contributed by atoms with Gasteiger partial charge >= 0.3 is 0 Å². The van der Waals surface area contributed by atoms with Crippen molar-refractivity contribution >= 4 is 28.7 Å². The normalized spacial score (nSPS) is 25.9. The fourth-order valence-corrected chi connectivity index (χ4v) is 5.62. The molecule has 2 aromatic heterocycles. The van der Waals surface area contributed by atoms with Gasteiger partial charge in [-0.1, -0.05) is 12.1 Å². The third-order valence-electron chi connectivity index (χ3n) is 7.22. The summed E-state index contributed by atoms with van der Waals surface area (Å²) in [5.74, 6) is 1.48. The first-order valence-electron chi connectivity index (χ1n) is 12.8. The summed E-state index contributed by atoms with van der Waals surface area (Å²) in [4.78, 5) is 31.8. The molecule has 2 bridgehead atoms. The number of nitrogens with zero attached hydrogens (tertiary/aromatic N) is 5. The summed E-state index contributed by atoms with van der Waals surface area (Å²) in [6.45, 7) is 7.32.